The number of aliphatic hydroxyl groups is 1. The summed E-state index contributed by atoms with van der Waals surface area (Å²) in [6, 6.07) is 6.65. The van der Waals surface area contributed by atoms with E-state index in [0.29, 0.717) is 22.7 Å². The van der Waals surface area contributed by atoms with Crippen LogP contribution in [0.2, 0.25) is 0 Å². The first-order chi connectivity index (χ1) is 13.9. The molecule has 29 heavy (non-hydrogen) atoms. The Morgan fingerprint density at radius 1 is 1.21 bits per heavy atom. The van der Waals surface area contributed by atoms with Gasteiger partial charge in [0.25, 0.3) is 0 Å². The lowest BCUT2D eigenvalue weighted by atomic mass is 10.1. The predicted molar refractivity (Wildman–Crippen MR) is 109 cm³/mol. The van der Waals surface area contributed by atoms with Crippen LogP contribution in [0.4, 0.5) is 10.5 Å². The zero-order valence-electron chi connectivity index (χ0n) is 16.8. The second kappa shape index (κ2) is 8.78. The van der Waals surface area contributed by atoms with Crippen LogP contribution >= 0.6 is 0 Å². The Bertz CT molecular complexity index is 1000. The highest BCUT2D eigenvalue weighted by Crippen LogP contribution is 2.29. The van der Waals surface area contributed by atoms with E-state index in [4.69, 9.17) is 9.47 Å². The molecular weight excluding hydrogens is 374 g/mol. The van der Waals surface area contributed by atoms with Crippen molar-refractivity contribution in [2.45, 2.75) is 26.0 Å². The molecule has 1 atom stereocenters. The maximum Gasteiger partial charge on any atom is 0.319 e. The van der Waals surface area contributed by atoms with Gasteiger partial charge < -0.3 is 25.2 Å². The number of pyridine rings is 1. The standard InChI is InChI=1S/C20H25N5O4/c1-12(2)25-19-13(9-23-25)7-14(10-21-19)24-20(27)22-11-17(26)16-8-15(28-3)5-6-18(16)29-4/h5-10,12,17,26H,11H2,1-4H3,(H2,22,24,27). The monoisotopic (exact) mass is 399 g/mol. The fraction of sp³-hybridized carbons (Fsp3) is 0.350. The number of carbonyl (C=O) groups excluding carboxylic acids is 1. The summed E-state index contributed by atoms with van der Waals surface area (Å²) in [5.41, 5.74) is 1.81. The Labute approximate surface area is 168 Å². The van der Waals surface area contributed by atoms with Crippen molar-refractivity contribution in [3.8, 4) is 11.5 Å². The van der Waals surface area contributed by atoms with Crippen molar-refractivity contribution in [2.24, 2.45) is 0 Å². The molecule has 1 aromatic carbocycles. The first-order valence-electron chi connectivity index (χ1n) is 9.21. The summed E-state index contributed by atoms with van der Waals surface area (Å²) in [6.45, 7) is 4.04. The number of amides is 2. The van der Waals surface area contributed by atoms with E-state index in [1.807, 2.05) is 18.5 Å². The Balaban J connectivity index is 1.63. The molecule has 1 unspecified atom stereocenters. The van der Waals surface area contributed by atoms with Gasteiger partial charge in [0.15, 0.2) is 5.65 Å². The number of aromatic nitrogens is 3. The first-order valence-corrected chi connectivity index (χ1v) is 9.21. The van der Waals surface area contributed by atoms with Crippen molar-refractivity contribution in [1.82, 2.24) is 20.1 Å². The quantitative estimate of drug-likeness (QED) is 0.563. The van der Waals surface area contributed by atoms with Gasteiger partial charge in [0.1, 0.15) is 17.6 Å². The second-order valence-corrected chi connectivity index (χ2v) is 6.78. The number of anilines is 1. The van der Waals surface area contributed by atoms with Crippen LogP contribution in [0.1, 0.15) is 31.6 Å². The number of hydrogen-bond donors (Lipinski definition) is 3. The molecule has 3 rings (SSSR count). The maximum absolute atomic E-state index is 12.2. The number of ether oxygens (including phenoxy) is 2. The minimum absolute atomic E-state index is 0.00365. The van der Waals surface area contributed by atoms with Gasteiger partial charge in [-0.3, -0.25) is 0 Å². The van der Waals surface area contributed by atoms with E-state index in [2.05, 4.69) is 20.7 Å². The van der Waals surface area contributed by atoms with Crippen molar-refractivity contribution >= 4 is 22.8 Å². The zero-order chi connectivity index (χ0) is 21.0. The summed E-state index contributed by atoms with van der Waals surface area (Å²) in [5, 5.41) is 21.0. The number of aliphatic hydroxyl groups excluding tert-OH is 1. The highest BCUT2D eigenvalue weighted by Gasteiger charge is 2.16. The van der Waals surface area contributed by atoms with Crippen LogP contribution in [-0.4, -0.2) is 46.7 Å². The van der Waals surface area contributed by atoms with E-state index < -0.39 is 12.1 Å². The van der Waals surface area contributed by atoms with Crippen LogP contribution in [-0.2, 0) is 0 Å². The first kappa shape index (κ1) is 20.4. The van der Waals surface area contributed by atoms with Crippen molar-refractivity contribution in [3.63, 3.8) is 0 Å². The number of nitrogens with one attached hydrogen (secondary N) is 2. The molecule has 0 aliphatic heterocycles. The van der Waals surface area contributed by atoms with Crippen LogP contribution in [0, 0.1) is 0 Å². The van der Waals surface area contributed by atoms with Crippen LogP contribution in [0.5, 0.6) is 11.5 Å². The third-order valence-corrected chi connectivity index (χ3v) is 4.43. The number of fused-ring (bicyclic) bond motifs is 1. The summed E-state index contributed by atoms with van der Waals surface area (Å²) in [7, 11) is 3.06. The third-order valence-electron chi connectivity index (χ3n) is 4.43. The summed E-state index contributed by atoms with van der Waals surface area (Å²) < 4.78 is 12.3. The van der Waals surface area contributed by atoms with Gasteiger partial charge in [0.2, 0.25) is 0 Å². The minimum Gasteiger partial charge on any atom is -0.497 e. The van der Waals surface area contributed by atoms with Gasteiger partial charge in [0, 0.05) is 23.5 Å². The highest BCUT2D eigenvalue weighted by molar-refractivity contribution is 5.91. The van der Waals surface area contributed by atoms with E-state index in [0.717, 1.165) is 11.0 Å². The molecule has 2 amide bonds. The summed E-state index contributed by atoms with van der Waals surface area (Å²) in [6.07, 6.45) is 2.32. The van der Waals surface area contributed by atoms with Crippen molar-refractivity contribution in [3.05, 3.63) is 42.2 Å². The molecule has 154 valence electrons. The molecule has 2 aromatic heterocycles. The van der Waals surface area contributed by atoms with Gasteiger partial charge in [-0.1, -0.05) is 0 Å². The van der Waals surface area contributed by atoms with Gasteiger partial charge in [0.05, 0.1) is 32.3 Å². The number of benzene rings is 1. The second-order valence-electron chi connectivity index (χ2n) is 6.78. The SMILES string of the molecule is COc1ccc(OC)c(C(O)CNC(=O)Nc2cnc3c(cnn3C(C)C)c2)c1. The smallest absolute Gasteiger partial charge is 0.319 e. The molecular formula is C20H25N5O4. The van der Waals surface area contributed by atoms with Crippen LogP contribution < -0.4 is 20.1 Å². The lowest BCUT2D eigenvalue weighted by Gasteiger charge is -2.17. The van der Waals surface area contributed by atoms with E-state index in [-0.39, 0.29) is 12.6 Å². The molecule has 2 heterocycles. The minimum atomic E-state index is -0.962. The van der Waals surface area contributed by atoms with E-state index >= 15 is 0 Å². The molecule has 3 aromatic rings. The fourth-order valence-electron chi connectivity index (χ4n) is 2.96. The summed E-state index contributed by atoms with van der Waals surface area (Å²) in [5.74, 6) is 1.10. The maximum atomic E-state index is 12.2. The van der Waals surface area contributed by atoms with Gasteiger partial charge >= 0.3 is 6.03 Å². The van der Waals surface area contributed by atoms with Crippen molar-refractivity contribution in [2.75, 3.05) is 26.1 Å². The number of hydrogen-bond acceptors (Lipinski definition) is 6. The van der Waals surface area contributed by atoms with Crippen LogP contribution in [0.3, 0.4) is 0 Å². The van der Waals surface area contributed by atoms with Gasteiger partial charge in [-0.25, -0.2) is 14.5 Å². The van der Waals surface area contributed by atoms with Gasteiger partial charge in [-0.05, 0) is 38.1 Å². The molecule has 0 aliphatic rings. The molecule has 0 radical (unpaired) electrons. The molecule has 0 saturated carbocycles. The molecule has 0 fully saturated rings. The van der Waals surface area contributed by atoms with Crippen molar-refractivity contribution in [1.29, 1.82) is 0 Å². The lowest BCUT2D eigenvalue weighted by Crippen LogP contribution is -2.32. The topological polar surface area (TPSA) is 111 Å². The number of carbonyl (C=O) groups is 1. The Hall–Kier alpha value is -3.33. The van der Waals surface area contributed by atoms with E-state index in [1.165, 1.54) is 7.11 Å². The third kappa shape index (κ3) is 4.57. The highest BCUT2D eigenvalue weighted by atomic mass is 16.5. The largest absolute Gasteiger partial charge is 0.497 e. The summed E-state index contributed by atoms with van der Waals surface area (Å²) >= 11 is 0. The van der Waals surface area contributed by atoms with E-state index in [9.17, 15) is 9.90 Å². The Morgan fingerprint density at radius 2 is 2.00 bits per heavy atom. The van der Waals surface area contributed by atoms with Crippen molar-refractivity contribution < 1.29 is 19.4 Å². The molecule has 0 saturated heterocycles. The average molecular weight is 399 g/mol. The lowest BCUT2D eigenvalue weighted by molar-refractivity contribution is 0.170. The zero-order valence-corrected chi connectivity index (χ0v) is 16.8. The summed E-state index contributed by atoms with van der Waals surface area (Å²) in [4.78, 5) is 16.6. The van der Waals surface area contributed by atoms with Gasteiger partial charge in [-0.2, -0.15) is 5.10 Å². The molecule has 0 spiro atoms. The van der Waals surface area contributed by atoms with Crippen LogP contribution in [0.15, 0.2) is 36.7 Å². The van der Waals surface area contributed by atoms with Crippen LogP contribution in [0.25, 0.3) is 11.0 Å². The fourth-order valence-corrected chi connectivity index (χ4v) is 2.96. The predicted octanol–water partition coefficient (Wildman–Crippen LogP) is 2.88. The Morgan fingerprint density at radius 3 is 2.69 bits per heavy atom. The molecule has 9 nitrogen and oxygen atoms in total. The normalized spacial score (nSPS) is 12.1. The molecule has 9 heteroatoms. The number of rotatable bonds is 7. The van der Waals surface area contributed by atoms with Gasteiger partial charge in [-0.15, -0.1) is 0 Å². The van der Waals surface area contributed by atoms with E-state index in [1.54, 1.807) is 43.8 Å². The number of nitrogens with zero attached hydrogens (tertiary/aromatic N) is 3. The average Bonchev–Trinajstić information content (AvgIpc) is 3.15. The number of methoxy groups -OCH3 is 2. The molecule has 3 N–H and O–H groups in total. The molecule has 0 aliphatic carbocycles. The Kier molecular flexibility index (Phi) is 6.18. The molecule has 0 bridgehead atoms. The number of urea groups is 1.